The van der Waals surface area contributed by atoms with Gasteiger partial charge in [-0.25, -0.2) is 4.98 Å². The SMILES string of the molecule is COc1ccc2c(c1)OC[C@H](C(=O)N1CCC(O)(Cn3ccnc3)CC1)C2. The first kappa shape index (κ1) is 17.9. The first-order valence-electron chi connectivity index (χ1n) is 9.33. The lowest BCUT2D eigenvalue weighted by Crippen LogP contribution is -2.51. The number of hydrogen-bond donors (Lipinski definition) is 1. The van der Waals surface area contributed by atoms with Crippen LogP contribution in [0.1, 0.15) is 18.4 Å². The van der Waals surface area contributed by atoms with Gasteiger partial charge in [-0.2, -0.15) is 0 Å². The van der Waals surface area contributed by atoms with Crippen molar-refractivity contribution in [2.24, 2.45) is 5.92 Å². The summed E-state index contributed by atoms with van der Waals surface area (Å²) in [4.78, 5) is 18.8. The van der Waals surface area contributed by atoms with Crippen LogP contribution in [0.15, 0.2) is 36.9 Å². The van der Waals surface area contributed by atoms with Crippen LogP contribution in [0.5, 0.6) is 11.5 Å². The number of benzene rings is 1. The number of fused-ring (bicyclic) bond motifs is 1. The van der Waals surface area contributed by atoms with E-state index in [1.807, 2.05) is 33.9 Å². The fourth-order valence-electron chi connectivity index (χ4n) is 3.92. The van der Waals surface area contributed by atoms with E-state index in [0.29, 0.717) is 45.5 Å². The largest absolute Gasteiger partial charge is 0.497 e. The minimum atomic E-state index is -0.788. The van der Waals surface area contributed by atoms with E-state index in [1.165, 1.54) is 0 Å². The van der Waals surface area contributed by atoms with Gasteiger partial charge in [0.05, 0.1) is 31.5 Å². The maximum absolute atomic E-state index is 12.9. The molecule has 7 nitrogen and oxygen atoms in total. The third-order valence-electron chi connectivity index (χ3n) is 5.57. The molecule has 7 heteroatoms. The number of rotatable bonds is 4. The highest BCUT2D eigenvalue weighted by Crippen LogP contribution is 2.32. The van der Waals surface area contributed by atoms with Crippen LogP contribution in [0.4, 0.5) is 0 Å². The van der Waals surface area contributed by atoms with Crippen LogP contribution in [-0.2, 0) is 17.8 Å². The van der Waals surface area contributed by atoms with Gasteiger partial charge in [0.25, 0.3) is 0 Å². The average Bonchev–Trinajstić information content (AvgIpc) is 3.19. The lowest BCUT2D eigenvalue weighted by Gasteiger charge is -2.40. The normalized spacial score (nSPS) is 21.3. The molecule has 1 saturated heterocycles. The van der Waals surface area contributed by atoms with Gasteiger partial charge in [-0.05, 0) is 30.9 Å². The topological polar surface area (TPSA) is 76.8 Å². The van der Waals surface area contributed by atoms with Gasteiger partial charge in [0.1, 0.15) is 18.1 Å². The van der Waals surface area contributed by atoms with E-state index in [0.717, 1.165) is 17.1 Å². The molecular weight excluding hydrogens is 346 g/mol. The number of nitrogens with zero attached hydrogens (tertiary/aromatic N) is 3. The van der Waals surface area contributed by atoms with E-state index in [1.54, 1.807) is 19.6 Å². The van der Waals surface area contributed by atoms with Gasteiger partial charge in [0.2, 0.25) is 5.91 Å². The molecule has 0 saturated carbocycles. The molecule has 3 heterocycles. The van der Waals surface area contributed by atoms with Crippen LogP contribution in [-0.4, -0.2) is 57.9 Å². The maximum Gasteiger partial charge on any atom is 0.229 e. The summed E-state index contributed by atoms with van der Waals surface area (Å²) < 4.78 is 12.9. The molecule has 1 fully saturated rings. The molecule has 0 spiro atoms. The standard InChI is InChI=1S/C20H25N3O4/c1-26-17-3-2-15-10-16(12-27-18(15)11-17)19(24)23-7-4-20(25,5-8-23)13-22-9-6-21-14-22/h2-3,6,9,11,14,16,25H,4-5,7-8,10,12-13H2,1H3/t16-/m1/s1. The van der Waals surface area contributed by atoms with Gasteiger partial charge in [0, 0.05) is 31.5 Å². The number of amides is 1. The Morgan fingerprint density at radius 2 is 2.22 bits per heavy atom. The highest BCUT2D eigenvalue weighted by molar-refractivity contribution is 5.80. The van der Waals surface area contributed by atoms with Gasteiger partial charge < -0.3 is 24.0 Å². The van der Waals surface area contributed by atoms with E-state index in [2.05, 4.69) is 4.98 Å². The molecule has 2 aromatic rings. The Morgan fingerprint density at radius 3 is 2.93 bits per heavy atom. The summed E-state index contributed by atoms with van der Waals surface area (Å²) in [7, 11) is 1.63. The number of imidazole rings is 1. The van der Waals surface area contributed by atoms with E-state index >= 15 is 0 Å². The van der Waals surface area contributed by atoms with Crippen LogP contribution in [0.25, 0.3) is 0 Å². The molecule has 27 heavy (non-hydrogen) atoms. The minimum absolute atomic E-state index is 0.112. The van der Waals surface area contributed by atoms with E-state index in [-0.39, 0.29) is 11.8 Å². The van der Waals surface area contributed by atoms with Gasteiger partial charge in [-0.15, -0.1) is 0 Å². The maximum atomic E-state index is 12.9. The second-order valence-electron chi connectivity index (χ2n) is 7.47. The lowest BCUT2D eigenvalue weighted by molar-refractivity contribution is -0.141. The van der Waals surface area contributed by atoms with E-state index < -0.39 is 5.60 Å². The molecule has 1 atom stereocenters. The molecule has 0 aliphatic carbocycles. The fraction of sp³-hybridized carbons (Fsp3) is 0.500. The van der Waals surface area contributed by atoms with Crippen LogP contribution in [0.3, 0.4) is 0 Å². The first-order valence-corrected chi connectivity index (χ1v) is 9.33. The number of carbonyl (C=O) groups excluding carboxylic acids is 1. The van der Waals surface area contributed by atoms with Crippen LogP contribution in [0, 0.1) is 5.92 Å². The van der Waals surface area contributed by atoms with E-state index in [9.17, 15) is 9.90 Å². The second kappa shape index (κ2) is 7.23. The van der Waals surface area contributed by atoms with Crippen molar-refractivity contribution in [1.82, 2.24) is 14.5 Å². The molecule has 0 unspecified atom stereocenters. The molecule has 1 aromatic heterocycles. The van der Waals surface area contributed by atoms with Gasteiger partial charge in [-0.1, -0.05) is 6.07 Å². The molecule has 1 aromatic carbocycles. The number of aromatic nitrogens is 2. The van der Waals surface area contributed by atoms with Crippen molar-refractivity contribution in [3.05, 3.63) is 42.5 Å². The molecule has 2 aliphatic rings. The Bertz CT molecular complexity index is 798. The highest BCUT2D eigenvalue weighted by Gasteiger charge is 2.37. The summed E-state index contributed by atoms with van der Waals surface area (Å²) in [5, 5.41) is 10.8. The zero-order chi connectivity index (χ0) is 18.9. The molecule has 1 amide bonds. The Hall–Kier alpha value is -2.54. The quantitative estimate of drug-likeness (QED) is 0.881. The molecule has 2 aliphatic heterocycles. The summed E-state index contributed by atoms with van der Waals surface area (Å²) >= 11 is 0. The summed E-state index contributed by atoms with van der Waals surface area (Å²) in [6, 6.07) is 5.73. The summed E-state index contributed by atoms with van der Waals surface area (Å²) in [5.41, 5.74) is 0.248. The predicted molar refractivity (Wildman–Crippen MR) is 98.7 cm³/mol. The Labute approximate surface area is 158 Å². The summed E-state index contributed by atoms with van der Waals surface area (Å²) in [6.45, 7) is 2.03. The number of carbonyl (C=O) groups is 1. The molecular formula is C20H25N3O4. The van der Waals surface area contributed by atoms with Gasteiger partial charge >= 0.3 is 0 Å². The number of ether oxygens (including phenoxy) is 2. The number of piperidine rings is 1. The summed E-state index contributed by atoms with van der Waals surface area (Å²) in [5.74, 6) is 1.49. The lowest BCUT2D eigenvalue weighted by atomic mass is 9.89. The van der Waals surface area contributed by atoms with E-state index in [4.69, 9.17) is 9.47 Å². The Balaban J connectivity index is 1.35. The summed E-state index contributed by atoms with van der Waals surface area (Å²) in [6.07, 6.45) is 7.08. The number of aliphatic hydroxyl groups is 1. The smallest absolute Gasteiger partial charge is 0.229 e. The predicted octanol–water partition coefficient (Wildman–Crippen LogP) is 1.50. The average molecular weight is 371 g/mol. The van der Waals surface area contributed by atoms with Crippen molar-refractivity contribution in [2.75, 3.05) is 26.8 Å². The molecule has 0 radical (unpaired) electrons. The van der Waals surface area contributed by atoms with Crippen LogP contribution >= 0.6 is 0 Å². The molecule has 4 rings (SSSR count). The second-order valence-corrected chi connectivity index (χ2v) is 7.47. The molecule has 1 N–H and O–H groups in total. The first-order chi connectivity index (χ1) is 13.1. The third kappa shape index (κ3) is 3.78. The number of hydrogen-bond acceptors (Lipinski definition) is 5. The Kier molecular flexibility index (Phi) is 4.78. The van der Waals surface area contributed by atoms with Gasteiger partial charge in [-0.3, -0.25) is 4.79 Å². The molecule has 0 bridgehead atoms. The van der Waals surface area contributed by atoms with Gasteiger partial charge in [0.15, 0.2) is 0 Å². The number of methoxy groups -OCH3 is 1. The zero-order valence-corrected chi connectivity index (χ0v) is 15.5. The number of likely N-dealkylation sites (tertiary alicyclic amines) is 1. The molecule has 144 valence electrons. The minimum Gasteiger partial charge on any atom is -0.497 e. The van der Waals surface area contributed by atoms with Crippen molar-refractivity contribution in [3.63, 3.8) is 0 Å². The monoisotopic (exact) mass is 371 g/mol. The zero-order valence-electron chi connectivity index (χ0n) is 15.5. The van der Waals surface area contributed by atoms with Crippen molar-refractivity contribution in [3.8, 4) is 11.5 Å². The van der Waals surface area contributed by atoms with Crippen LogP contribution < -0.4 is 9.47 Å². The third-order valence-corrected chi connectivity index (χ3v) is 5.57. The van der Waals surface area contributed by atoms with Crippen molar-refractivity contribution >= 4 is 5.91 Å². The Morgan fingerprint density at radius 1 is 1.41 bits per heavy atom. The van der Waals surface area contributed by atoms with Crippen molar-refractivity contribution in [2.45, 2.75) is 31.4 Å². The van der Waals surface area contributed by atoms with Crippen molar-refractivity contribution in [1.29, 1.82) is 0 Å². The van der Waals surface area contributed by atoms with Crippen molar-refractivity contribution < 1.29 is 19.4 Å². The van der Waals surface area contributed by atoms with Crippen LogP contribution in [0.2, 0.25) is 0 Å². The highest BCUT2D eigenvalue weighted by atomic mass is 16.5. The fourth-order valence-corrected chi connectivity index (χ4v) is 3.92.